The fourth-order valence-corrected chi connectivity index (χ4v) is 1.54. The topological polar surface area (TPSA) is 77.8 Å². The van der Waals surface area contributed by atoms with Gasteiger partial charge in [-0.1, -0.05) is 6.07 Å². The number of hydrogen-bond donors (Lipinski definition) is 2. The van der Waals surface area contributed by atoms with Crippen molar-refractivity contribution in [3.63, 3.8) is 0 Å². The summed E-state index contributed by atoms with van der Waals surface area (Å²) in [6, 6.07) is 3.61. The van der Waals surface area contributed by atoms with Crippen molar-refractivity contribution >= 4 is 24.8 Å². The molecule has 1 heterocycles. The SMILES string of the molecule is C[C@@H](N)C(O)c1cccs1.O.S. The van der Waals surface area contributed by atoms with Gasteiger partial charge in [-0.25, -0.2) is 0 Å². The van der Waals surface area contributed by atoms with Crippen LogP contribution >= 0.6 is 24.8 Å². The molecule has 1 unspecified atom stereocenters. The normalized spacial score (nSPS) is 13.9. The van der Waals surface area contributed by atoms with Gasteiger partial charge in [-0.05, 0) is 18.4 Å². The summed E-state index contributed by atoms with van der Waals surface area (Å²) in [6.07, 6.45) is -0.500. The Kier molecular flexibility index (Phi) is 7.76. The molecule has 1 aromatic rings. The minimum atomic E-state index is -0.500. The van der Waals surface area contributed by atoms with Crippen LogP contribution in [0.4, 0.5) is 0 Å². The lowest BCUT2D eigenvalue weighted by Crippen LogP contribution is -2.23. The molecule has 3 nitrogen and oxygen atoms in total. The zero-order valence-electron chi connectivity index (χ0n) is 6.82. The number of aliphatic hydroxyl groups excluding tert-OH is 1. The smallest absolute Gasteiger partial charge is 0.103 e. The van der Waals surface area contributed by atoms with Gasteiger partial charge in [-0.3, -0.25) is 0 Å². The third-order valence-corrected chi connectivity index (χ3v) is 2.28. The van der Waals surface area contributed by atoms with Gasteiger partial charge in [0.15, 0.2) is 0 Å². The summed E-state index contributed by atoms with van der Waals surface area (Å²) < 4.78 is 0. The zero-order valence-corrected chi connectivity index (χ0v) is 8.64. The molecule has 1 rings (SSSR count). The average molecular weight is 209 g/mol. The molecule has 72 valence electrons. The van der Waals surface area contributed by atoms with Crippen molar-refractivity contribution in [3.8, 4) is 0 Å². The summed E-state index contributed by atoms with van der Waals surface area (Å²) in [7, 11) is 0. The van der Waals surface area contributed by atoms with Crippen molar-refractivity contribution in [1.82, 2.24) is 0 Å². The first-order valence-electron chi connectivity index (χ1n) is 3.19. The van der Waals surface area contributed by atoms with E-state index in [-0.39, 0.29) is 25.0 Å². The molecule has 0 aliphatic heterocycles. The molecule has 0 aliphatic carbocycles. The minimum Gasteiger partial charge on any atom is -0.412 e. The summed E-state index contributed by atoms with van der Waals surface area (Å²) >= 11 is 1.53. The van der Waals surface area contributed by atoms with Crippen LogP contribution in [0.2, 0.25) is 0 Å². The Bertz CT molecular complexity index is 189. The first-order chi connectivity index (χ1) is 4.72. The molecule has 0 fully saturated rings. The first-order valence-corrected chi connectivity index (χ1v) is 4.07. The average Bonchev–Trinajstić information content (AvgIpc) is 2.36. The summed E-state index contributed by atoms with van der Waals surface area (Å²) in [6.45, 7) is 1.80. The Morgan fingerprint density at radius 2 is 2.17 bits per heavy atom. The van der Waals surface area contributed by atoms with E-state index in [0.29, 0.717) is 0 Å². The highest BCUT2D eigenvalue weighted by Gasteiger charge is 2.11. The van der Waals surface area contributed by atoms with E-state index in [1.807, 2.05) is 17.5 Å². The standard InChI is InChI=1S/C7H11NOS.H2O.H2S/c1-5(8)7(9)6-3-2-4-10-6;;/h2-5,7,9H,8H2,1H3;2*1H2/t5-,7?;;/m1../s1. The molecule has 5 N–H and O–H groups in total. The van der Waals surface area contributed by atoms with Crippen LogP contribution in [0.3, 0.4) is 0 Å². The quantitative estimate of drug-likeness (QED) is 0.740. The van der Waals surface area contributed by atoms with Crippen LogP contribution in [-0.4, -0.2) is 16.6 Å². The van der Waals surface area contributed by atoms with Gasteiger partial charge in [0.25, 0.3) is 0 Å². The largest absolute Gasteiger partial charge is 0.412 e. The Labute approximate surface area is 83.0 Å². The monoisotopic (exact) mass is 209 g/mol. The van der Waals surface area contributed by atoms with E-state index in [2.05, 4.69) is 0 Å². The third-order valence-electron chi connectivity index (χ3n) is 1.33. The third kappa shape index (κ3) is 3.55. The van der Waals surface area contributed by atoms with Crippen molar-refractivity contribution in [2.75, 3.05) is 0 Å². The maximum absolute atomic E-state index is 9.37. The highest BCUT2D eigenvalue weighted by Crippen LogP contribution is 2.20. The van der Waals surface area contributed by atoms with Crippen molar-refractivity contribution in [2.24, 2.45) is 5.73 Å². The fraction of sp³-hybridized carbons (Fsp3) is 0.429. The van der Waals surface area contributed by atoms with Crippen LogP contribution in [0, 0.1) is 0 Å². The molecule has 0 aliphatic rings. The molecular weight excluding hydrogens is 194 g/mol. The van der Waals surface area contributed by atoms with Gasteiger partial charge in [0.05, 0.1) is 0 Å². The summed E-state index contributed by atoms with van der Waals surface area (Å²) in [4.78, 5) is 0.940. The van der Waals surface area contributed by atoms with Crippen molar-refractivity contribution < 1.29 is 10.6 Å². The van der Waals surface area contributed by atoms with Crippen LogP contribution in [0.25, 0.3) is 0 Å². The number of aliphatic hydroxyl groups is 1. The van der Waals surface area contributed by atoms with Crippen LogP contribution in [0.15, 0.2) is 17.5 Å². The first kappa shape index (κ1) is 14.5. The van der Waals surface area contributed by atoms with Crippen molar-refractivity contribution in [2.45, 2.75) is 19.1 Å². The van der Waals surface area contributed by atoms with Crippen LogP contribution in [-0.2, 0) is 0 Å². The molecule has 12 heavy (non-hydrogen) atoms. The van der Waals surface area contributed by atoms with E-state index in [1.165, 1.54) is 11.3 Å². The van der Waals surface area contributed by atoms with E-state index in [0.717, 1.165) is 4.88 Å². The number of rotatable bonds is 2. The molecule has 0 amide bonds. The Hall–Kier alpha value is -0.0700. The molecular formula is C7H15NO2S2. The molecule has 2 atom stereocenters. The Balaban J connectivity index is 0. The lowest BCUT2D eigenvalue weighted by atomic mass is 10.2. The Morgan fingerprint density at radius 3 is 2.50 bits per heavy atom. The van der Waals surface area contributed by atoms with E-state index in [9.17, 15) is 5.11 Å². The fourth-order valence-electron chi connectivity index (χ4n) is 0.719. The molecule has 1 aromatic heterocycles. The molecule has 0 spiro atoms. The van der Waals surface area contributed by atoms with Gasteiger partial charge in [-0.15, -0.1) is 11.3 Å². The molecule has 0 bridgehead atoms. The molecule has 0 aromatic carbocycles. The summed E-state index contributed by atoms with van der Waals surface area (Å²) in [5, 5.41) is 11.3. The predicted octanol–water partition coefficient (Wildman–Crippen LogP) is 0.417. The highest BCUT2D eigenvalue weighted by atomic mass is 32.1. The predicted molar refractivity (Wildman–Crippen MR) is 56.9 cm³/mol. The van der Waals surface area contributed by atoms with Gasteiger partial charge in [-0.2, -0.15) is 13.5 Å². The number of nitrogens with two attached hydrogens (primary N) is 1. The summed E-state index contributed by atoms with van der Waals surface area (Å²) in [5.41, 5.74) is 5.48. The second kappa shape index (κ2) is 6.45. The minimum absolute atomic E-state index is 0. The number of hydrogen-bond acceptors (Lipinski definition) is 3. The lowest BCUT2D eigenvalue weighted by Gasteiger charge is -2.11. The Morgan fingerprint density at radius 1 is 1.58 bits per heavy atom. The van der Waals surface area contributed by atoms with Crippen LogP contribution in [0.5, 0.6) is 0 Å². The lowest BCUT2D eigenvalue weighted by molar-refractivity contribution is 0.157. The van der Waals surface area contributed by atoms with Gasteiger partial charge in [0.2, 0.25) is 0 Å². The van der Waals surface area contributed by atoms with Gasteiger partial charge >= 0.3 is 0 Å². The van der Waals surface area contributed by atoms with Crippen molar-refractivity contribution in [1.29, 1.82) is 0 Å². The molecule has 0 radical (unpaired) electrons. The van der Waals surface area contributed by atoms with Crippen LogP contribution in [0.1, 0.15) is 17.9 Å². The summed E-state index contributed by atoms with van der Waals surface area (Å²) in [5.74, 6) is 0. The van der Waals surface area contributed by atoms with Gasteiger partial charge in [0.1, 0.15) is 6.10 Å². The van der Waals surface area contributed by atoms with Gasteiger partial charge in [0, 0.05) is 10.9 Å². The van der Waals surface area contributed by atoms with E-state index in [1.54, 1.807) is 6.92 Å². The van der Waals surface area contributed by atoms with Crippen molar-refractivity contribution in [3.05, 3.63) is 22.4 Å². The van der Waals surface area contributed by atoms with Crippen LogP contribution < -0.4 is 5.73 Å². The second-order valence-electron chi connectivity index (χ2n) is 2.32. The van der Waals surface area contributed by atoms with E-state index < -0.39 is 6.10 Å². The van der Waals surface area contributed by atoms with E-state index in [4.69, 9.17) is 5.73 Å². The molecule has 0 saturated carbocycles. The maximum Gasteiger partial charge on any atom is 0.103 e. The molecule has 0 saturated heterocycles. The zero-order chi connectivity index (χ0) is 7.56. The number of thiophene rings is 1. The molecule has 5 heteroatoms. The maximum atomic E-state index is 9.37. The van der Waals surface area contributed by atoms with E-state index >= 15 is 0 Å². The highest BCUT2D eigenvalue weighted by molar-refractivity contribution is 7.59. The van der Waals surface area contributed by atoms with Gasteiger partial charge < -0.3 is 16.3 Å². The second-order valence-corrected chi connectivity index (χ2v) is 3.30.